The number of aromatic nitrogens is 1. The van der Waals surface area contributed by atoms with Crippen molar-refractivity contribution in [2.45, 2.75) is 18.9 Å². The van der Waals surface area contributed by atoms with Crippen LogP contribution < -0.4 is 14.5 Å². The molecule has 3 aromatic rings. The Kier molecular flexibility index (Phi) is 5.60. The van der Waals surface area contributed by atoms with Crippen LogP contribution in [0.25, 0.3) is 0 Å². The summed E-state index contributed by atoms with van der Waals surface area (Å²) >= 11 is 0.980. The fourth-order valence-electron chi connectivity index (χ4n) is 3.67. The van der Waals surface area contributed by atoms with E-state index in [4.69, 9.17) is 9.47 Å². The molecule has 0 saturated heterocycles. The lowest BCUT2D eigenvalue weighted by molar-refractivity contribution is -0.141. The van der Waals surface area contributed by atoms with Crippen molar-refractivity contribution in [2.24, 2.45) is 0 Å². The van der Waals surface area contributed by atoms with E-state index in [1.165, 1.54) is 40.8 Å². The molecule has 1 atom stereocenters. The molecule has 0 spiro atoms. The van der Waals surface area contributed by atoms with Crippen molar-refractivity contribution in [3.63, 3.8) is 0 Å². The van der Waals surface area contributed by atoms with Crippen LogP contribution in [-0.4, -0.2) is 30.7 Å². The quantitative estimate of drug-likeness (QED) is 0.566. The first-order chi connectivity index (χ1) is 14.9. The van der Waals surface area contributed by atoms with Gasteiger partial charge in [-0.15, -0.1) is 0 Å². The van der Waals surface area contributed by atoms with Gasteiger partial charge in [0.2, 0.25) is 5.91 Å². The minimum Gasteiger partial charge on any atom is -0.497 e. The molecule has 0 bridgehead atoms. The van der Waals surface area contributed by atoms with Crippen LogP contribution in [0.1, 0.15) is 22.8 Å². The molecule has 31 heavy (non-hydrogen) atoms. The smallest absolute Gasteiger partial charge is 0.325 e. The highest BCUT2D eigenvalue weighted by molar-refractivity contribution is 7.10. The van der Waals surface area contributed by atoms with Crippen LogP contribution in [0.4, 0.5) is 15.9 Å². The molecule has 1 aliphatic heterocycles. The third-order valence-corrected chi connectivity index (χ3v) is 6.23. The molecular weight excluding hydrogens is 423 g/mol. The SMILES string of the molecule is COC(=O)Cn1c2c(sc1=O)[C@@H](c1cccc(OC)c1)CC(=O)N2c1ccc(F)cc1. The summed E-state index contributed by atoms with van der Waals surface area (Å²) in [6.45, 7) is -0.336. The Hall–Kier alpha value is -3.46. The molecule has 0 radical (unpaired) electrons. The monoisotopic (exact) mass is 442 g/mol. The van der Waals surface area contributed by atoms with E-state index in [1.54, 1.807) is 13.2 Å². The summed E-state index contributed by atoms with van der Waals surface area (Å²) in [5.41, 5.74) is 1.23. The second-order valence-electron chi connectivity index (χ2n) is 6.96. The number of rotatable bonds is 5. The Morgan fingerprint density at radius 3 is 2.58 bits per heavy atom. The van der Waals surface area contributed by atoms with Gasteiger partial charge in [-0.25, -0.2) is 4.39 Å². The summed E-state index contributed by atoms with van der Waals surface area (Å²) < 4.78 is 24.7. The van der Waals surface area contributed by atoms with E-state index < -0.39 is 11.8 Å². The molecule has 9 heteroatoms. The third-order valence-electron chi connectivity index (χ3n) is 5.15. The summed E-state index contributed by atoms with van der Waals surface area (Å²) in [4.78, 5) is 39.7. The number of methoxy groups -OCH3 is 2. The zero-order valence-corrected chi connectivity index (χ0v) is 17.6. The van der Waals surface area contributed by atoms with Crippen molar-refractivity contribution in [1.82, 2.24) is 4.57 Å². The van der Waals surface area contributed by atoms with Gasteiger partial charge in [0.15, 0.2) is 0 Å². The molecule has 160 valence electrons. The maximum atomic E-state index is 13.5. The number of nitrogens with zero attached hydrogens (tertiary/aromatic N) is 2. The molecule has 0 saturated carbocycles. The number of fused-ring (bicyclic) bond motifs is 1. The van der Waals surface area contributed by atoms with Gasteiger partial charge in [-0.2, -0.15) is 0 Å². The van der Waals surface area contributed by atoms with E-state index in [9.17, 15) is 18.8 Å². The number of hydrogen-bond acceptors (Lipinski definition) is 6. The number of halogens is 1. The van der Waals surface area contributed by atoms with Crippen LogP contribution in [-0.2, 0) is 20.9 Å². The van der Waals surface area contributed by atoms with Gasteiger partial charge in [-0.1, -0.05) is 23.5 Å². The lowest BCUT2D eigenvalue weighted by atomic mass is 9.90. The lowest BCUT2D eigenvalue weighted by Gasteiger charge is -2.32. The Bertz CT molecular complexity index is 1200. The largest absolute Gasteiger partial charge is 0.497 e. The van der Waals surface area contributed by atoms with Gasteiger partial charge < -0.3 is 9.47 Å². The molecule has 0 unspecified atom stereocenters. The van der Waals surface area contributed by atoms with Gasteiger partial charge in [-0.05, 0) is 42.0 Å². The highest BCUT2D eigenvalue weighted by Gasteiger charge is 2.38. The van der Waals surface area contributed by atoms with Crippen molar-refractivity contribution in [3.8, 4) is 5.75 Å². The van der Waals surface area contributed by atoms with Crippen molar-refractivity contribution >= 4 is 34.7 Å². The topological polar surface area (TPSA) is 77.8 Å². The highest BCUT2D eigenvalue weighted by atomic mass is 32.1. The number of carbonyl (C=O) groups excluding carboxylic acids is 2. The van der Waals surface area contributed by atoms with E-state index in [1.807, 2.05) is 18.2 Å². The fraction of sp³-hybridized carbons (Fsp3) is 0.227. The van der Waals surface area contributed by atoms with E-state index in [0.717, 1.165) is 16.9 Å². The number of carbonyl (C=O) groups is 2. The summed E-state index contributed by atoms with van der Waals surface area (Å²) in [5.74, 6) is -0.781. The van der Waals surface area contributed by atoms with Gasteiger partial charge >= 0.3 is 10.8 Å². The van der Waals surface area contributed by atoms with Crippen molar-refractivity contribution in [2.75, 3.05) is 19.1 Å². The van der Waals surface area contributed by atoms with Crippen LogP contribution >= 0.6 is 11.3 Å². The predicted molar refractivity (Wildman–Crippen MR) is 114 cm³/mol. The van der Waals surface area contributed by atoms with Crippen molar-refractivity contribution in [1.29, 1.82) is 0 Å². The maximum Gasteiger partial charge on any atom is 0.325 e. The number of hydrogen-bond donors (Lipinski definition) is 0. The second-order valence-corrected chi connectivity index (χ2v) is 7.95. The van der Waals surface area contributed by atoms with Gasteiger partial charge in [0.25, 0.3) is 0 Å². The van der Waals surface area contributed by atoms with Crippen LogP contribution in [0.2, 0.25) is 0 Å². The molecule has 0 fully saturated rings. The first-order valence-corrected chi connectivity index (χ1v) is 10.3. The van der Waals surface area contributed by atoms with Gasteiger partial charge in [0.1, 0.15) is 23.9 Å². The van der Waals surface area contributed by atoms with Gasteiger partial charge in [-0.3, -0.25) is 23.9 Å². The minimum absolute atomic E-state index is 0.107. The number of anilines is 2. The van der Waals surface area contributed by atoms with Crippen LogP contribution in [0, 0.1) is 5.82 Å². The summed E-state index contributed by atoms with van der Waals surface area (Å²) in [5, 5.41) is 0. The molecule has 7 nitrogen and oxygen atoms in total. The molecule has 4 rings (SSSR count). The zero-order chi connectivity index (χ0) is 22.1. The predicted octanol–water partition coefficient (Wildman–Crippen LogP) is 3.43. The van der Waals surface area contributed by atoms with Gasteiger partial charge in [0.05, 0.1) is 24.8 Å². The maximum absolute atomic E-state index is 13.5. The Balaban J connectivity index is 1.91. The van der Waals surface area contributed by atoms with Crippen molar-refractivity contribution in [3.05, 3.63) is 74.5 Å². The van der Waals surface area contributed by atoms with Crippen LogP contribution in [0.15, 0.2) is 53.3 Å². The number of ether oxygens (including phenoxy) is 2. The van der Waals surface area contributed by atoms with E-state index in [0.29, 0.717) is 22.1 Å². The van der Waals surface area contributed by atoms with E-state index >= 15 is 0 Å². The first-order valence-electron chi connectivity index (χ1n) is 9.45. The number of amides is 1. The molecule has 0 N–H and O–H groups in total. The average Bonchev–Trinajstić information content (AvgIpc) is 3.09. The number of benzene rings is 2. The van der Waals surface area contributed by atoms with Gasteiger partial charge in [0, 0.05) is 12.3 Å². The standard InChI is InChI=1S/C22H19FN2O5S/c1-29-16-5-3-4-13(10-16)17-11-18(26)25(15-8-6-14(23)7-9-15)21-20(17)31-22(28)24(21)12-19(27)30-2/h3-10,17H,11-12H2,1-2H3/t17-/m1/s1. The lowest BCUT2D eigenvalue weighted by Crippen LogP contribution is -2.36. The molecule has 2 aromatic carbocycles. The van der Waals surface area contributed by atoms with Crippen LogP contribution in [0.5, 0.6) is 5.75 Å². The Morgan fingerprint density at radius 2 is 1.90 bits per heavy atom. The fourth-order valence-corrected chi connectivity index (χ4v) is 4.77. The second kappa shape index (κ2) is 8.35. The van der Waals surface area contributed by atoms with Crippen LogP contribution in [0.3, 0.4) is 0 Å². The molecule has 1 aliphatic rings. The number of thiazole rings is 1. The molecule has 1 amide bonds. The average molecular weight is 442 g/mol. The summed E-state index contributed by atoms with van der Waals surface area (Å²) in [6.07, 6.45) is 0.107. The van der Waals surface area contributed by atoms with E-state index in [2.05, 4.69) is 0 Å². The summed E-state index contributed by atoms with van der Waals surface area (Å²) in [7, 11) is 2.78. The van der Waals surface area contributed by atoms with Crippen molar-refractivity contribution < 1.29 is 23.5 Å². The normalized spacial score (nSPS) is 15.5. The molecule has 1 aromatic heterocycles. The van der Waals surface area contributed by atoms with E-state index in [-0.39, 0.29) is 29.7 Å². The summed E-state index contributed by atoms with van der Waals surface area (Å²) in [6, 6.07) is 12.7. The highest BCUT2D eigenvalue weighted by Crippen LogP contribution is 2.45. The Morgan fingerprint density at radius 1 is 1.16 bits per heavy atom. The minimum atomic E-state index is -0.613. The zero-order valence-electron chi connectivity index (χ0n) is 16.8. The third kappa shape index (κ3) is 3.84. The molecule has 0 aliphatic carbocycles. The first kappa shape index (κ1) is 20.8. The Labute approximate surface area is 181 Å². The number of esters is 1. The molecule has 2 heterocycles. The molecular formula is C22H19FN2O5S.